The molecule has 0 aromatic heterocycles. The lowest BCUT2D eigenvalue weighted by Crippen LogP contribution is -2.17. The normalized spacial score (nSPS) is 15.9. The smallest absolute Gasteiger partial charge is 0.206 e. The Morgan fingerprint density at radius 3 is 1.79 bits per heavy atom. The summed E-state index contributed by atoms with van der Waals surface area (Å²) in [5.74, 6) is -15.9. The minimum Gasteiger partial charge on any atom is -0.312 e. The van der Waals surface area contributed by atoms with Gasteiger partial charge in [-0.15, -0.1) is 0 Å². The van der Waals surface area contributed by atoms with Crippen molar-refractivity contribution in [1.29, 1.82) is 10.5 Å². The first-order valence-corrected chi connectivity index (χ1v) is 9.18. The van der Waals surface area contributed by atoms with Gasteiger partial charge in [0.25, 0.3) is 0 Å². The van der Waals surface area contributed by atoms with E-state index in [9.17, 15) is 35.1 Å². The van der Waals surface area contributed by atoms with Crippen LogP contribution in [-0.2, 0) is 0 Å². The van der Waals surface area contributed by atoms with Gasteiger partial charge in [-0.1, -0.05) is 0 Å². The number of fused-ring (bicyclic) bond motifs is 6. The molecule has 1 N–H and O–H groups in total. The number of nitrogens with zero attached hydrogens (tertiary/aromatic N) is 3. The predicted molar refractivity (Wildman–Crippen MR) is 98.8 cm³/mol. The summed E-state index contributed by atoms with van der Waals surface area (Å²) in [6.45, 7) is 0. The van der Waals surface area contributed by atoms with Gasteiger partial charge in [0.05, 0.1) is 17.3 Å². The molecule has 1 unspecified atom stereocenters. The van der Waals surface area contributed by atoms with Gasteiger partial charge in [0.2, 0.25) is 6.19 Å². The van der Waals surface area contributed by atoms with Crippen LogP contribution >= 0.6 is 0 Å². The van der Waals surface area contributed by atoms with Gasteiger partial charge in [-0.2, -0.15) is 15.5 Å². The van der Waals surface area contributed by atoms with Gasteiger partial charge in [-0.3, -0.25) is 0 Å². The van der Waals surface area contributed by atoms with Crippen LogP contribution in [0, 0.1) is 69.4 Å². The number of nitriles is 2. The second kappa shape index (κ2) is 7.02. The highest BCUT2D eigenvalue weighted by Gasteiger charge is 2.42. The van der Waals surface area contributed by atoms with E-state index in [1.807, 2.05) is 0 Å². The average molecular weight is 476 g/mol. The topological polar surface area (TPSA) is 72.0 Å². The zero-order valence-electron chi connectivity index (χ0n) is 16.1. The van der Waals surface area contributed by atoms with Crippen molar-refractivity contribution < 1.29 is 35.1 Å². The summed E-state index contributed by atoms with van der Waals surface area (Å²) >= 11 is 0. The first-order valence-electron chi connectivity index (χ1n) is 9.18. The Bertz CT molecular complexity index is 1600. The number of nitrogens with one attached hydrogen (secondary N) is 1. The molecule has 0 aliphatic heterocycles. The maximum absolute atomic E-state index is 14.7. The lowest BCUT2D eigenvalue weighted by atomic mass is 9.96. The van der Waals surface area contributed by atoms with Crippen LogP contribution in [0.1, 0.15) is 28.3 Å². The molecule has 0 saturated carbocycles. The Balaban J connectivity index is 1.93. The first kappa shape index (κ1) is 21.4. The fourth-order valence-corrected chi connectivity index (χ4v) is 4.44. The van der Waals surface area contributed by atoms with Crippen LogP contribution in [0.2, 0.25) is 0 Å². The van der Waals surface area contributed by atoms with Crippen molar-refractivity contribution in [1.82, 2.24) is 5.32 Å². The van der Waals surface area contributed by atoms with Crippen LogP contribution in [-0.4, -0.2) is 5.71 Å². The SMILES string of the molecule is N#CN=C1c2cc3c(cc2-c2c(F)c(F)c(F)c(F)c21)C(NC#N)c1c(F)c(F)c(F)c(F)c1-3. The molecule has 0 radical (unpaired) electrons. The maximum atomic E-state index is 14.7. The van der Waals surface area contributed by atoms with Gasteiger partial charge < -0.3 is 5.32 Å². The Hall–Kier alpha value is -4.45. The van der Waals surface area contributed by atoms with E-state index >= 15 is 0 Å². The highest BCUT2D eigenvalue weighted by Crippen LogP contribution is 2.52. The Kier molecular flexibility index (Phi) is 4.42. The summed E-state index contributed by atoms with van der Waals surface area (Å²) in [7, 11) is 0. The minimum absolute atomic E-state index is 0.202. The fourth-order valence-electron chi connectivity index (χ4n) is 4.44. The molecule has 2 aliphatic rings. The average Bonchev–Trinajstić information content (AvgIpc) is 3.30. The van der Waals surface area contributed by atoms with Crippen molar-refractivity contribution in [3.05, 3.63) is 80.9 Å². The third-order valence-corrected chi connectivity index (χ3v) is 5.76. The molecule has 4 nitrogen and oxygen atoms in total. The molecule has 3 aromatic rings. The Labute approximate surface area is 184 Å². The van der Waals surface area contributed by atoms with E-state index in [0.717, 1.165) is 12.1 Å². The molecule has 5 rings (SSSR count). The molecule has 0 fully saturated rings. The fraction of sp³-hybridized carbons (Fsp3) is 0.0455. The Morgan fingerprint density at radius 1 is 0.647 bits per heavy atom. The number of halogens is 8. The third-order valence-electron chi connectivity index (χ3n) is 5.76. The molecular weight excluding hydrogens is 472 g/mol. The lowest BCUT2D eigenvalue weighted by Gasteiger charge is -2.13. The molecule has 0 heterocycles. The zero-order chi connectivity index (χ0) is 24.6. The number of hydrogen-bond donors (Lipinski definition) is 1. The summed E-state index contributed by atoms with van der Waals surface area (Å²) in [4.78, 5) is 3.34. The van der Waals surface area contributed by atoms with Gasteiger partial charge in [0, 0.05) is 22.3 Å². The van der Waals surface area contributed by atoms with E-state index in [-0.39, 0.29) is 22.3 Å². The van der Waals surface area contributed by atoms with E-state index in [2.05, 4.69) is 10.3 Å². The third kappa shape index (κ3) is 2.42. The van der Waals surface area contributed by atoms with E-state index in [1.54, 1.807) is 0 Å². The quantitative estimate of drug-likeness (QED) is 0.134. The van der Waals surface area contributed by atoms with Crippen molar-refractivity contribution in [3.8, 4) is 34.6 Å². The molecule has 0 spiro atoms. The molecule has 0 saturated heterocycles. The van der Waals surface area contributed by atoms with Crippen LogP contribution in [0.15, 0.2) is 17.1 Å². The van der Waals surface area contributed by atoms with Crippen LogP contribution < -0.4 is 5.32 Å². The van der Waals surface area contributed by atoms with Crippen LogP contribution in [0.5, 0.6) is 0 Å². The largest absolute Gasteiger partial charge is 0.312 e. The molecule has 3 aromatic carbocycles. The van der Waals surface area contributed by atoms with E-state index in [4.69, 9.17) is 10.5 Å². The monoisotopic (exact) mass is 476 g/mol. The standard InChI is InChI=1S/C22H4F8N4/c23-13-9-5-1-7-6(2-8(5)22(34-4-32)11(9)15(25)19(29)17(13)27)10-12(21(7)33-3-31)16(26)20(30)18(28)14(10)24/h1-2,21,33H. The van der Waals surface area contributed by atoms with Crippen molar-refractivity contribution in [2.75, 3.05) is 0 Å². The van der Waals surface area contributed by atoms with Gasteiger partial charge in [-0.25, -0.2) is 35.1 Å². The predicted octanol–water partition coefficient (Wildman–Crippen LogP) is 5.24. The summed E-state index contributed by atoms with van der Waals surface area (Å²) in [6, 6.07) is 0.309. The second-order valence-electron chi connectivity index (χ2n) is 7.29. The number of rotatable bonds is 1. The minimum atomic E-state index is -2.16. The van der Waals surface area contributed by atoms with E-state index < -0.39 is 80.5 Å². The number of hydrogen-bond acceptors (Lipinski definition) is 4. The molecule has 2 aliphatic carbocycles. The van der Waals surface area contributed by atoms with Gasteiger partial charge >= 0.3 is 0 Å². The highest BCUT2D eigenvalue weighted by molar-refractivity contribution is 6.25. The molecule has 168 valence electrons. The number of aliphatic imine (C=N–C) groups is 1. The molecular formula is C22H4F8N4. The first-order chi connectivity index (χ1) is 16.1. The second-order valence-corrected chi connectivity index (χ2v) is 7.29. The molecule has 1 atom stereocenters. The van der Waals surface area contributed by atoms with Crippen molar-refractivity contribution in [2.45, 2.75) is 6.04 Å². The zero-order valence-corrected chi connectivity index (χ0v) is 16.1. The summed E-state index contributed by atoms with van der Waals surface area (Å²) in [6.07, 6.45) is 2.77. The van der Waals surface area contributed by atoms with Crippen LogP contribution in [0.25, 0.3) is 22.3 Å². The summed E-state index contributed by atoms with van der Waals surface area (Å²) < 4.78 is 115. The number of benzene rings is 3. The molecule has 0 amide bonds. The Morgan fingerprint density at radius 2 is 1.21 bits per heavy atom. The highest BCUT2D eigenvalue weighted by atomic mass is 19.2. The van der Waals surface area contributed by atoms with Gasteiger partial charge in [0.15, 0.2) is 52.7 Å². The van der Waals surface area contributed by atoms with Crippen molar-refractivity contribution >= 4 is 5.71 Å². The molecule has 12 heteroatoms. The summed E-state index contributed by atoms with van der Waals surface area (Å²) in [5, 5.41) is 20.2. The van der Waals surface area contributed by atoms with E-state index in [1.165, 1.54) is 12.4 Å². The van der Waals surface area contributed by atoms with Crippen LogP contribution in [0.3, 0.4) is 0 Å². The van der Waals surface area contributed by atoms with Gasteiger partial charge in [0.1, 0.15) is 0 Å². The molecule has 34 heavy (non-hydrogen) atoms. The van der Waals surface area contributed by atoms with Gasteiger partial charge in [-0.05, 0) is 28.8 Å². The summed E-state index contributed by atoms with van der Waals surface area (Å²) in [5.41, 5.74) is -5.11. The lowest BCUT2D eigenvalue weighted by molar-refractivity contribution is 0.404. The molecule has 0 bridgehead atoms. The van der Waals surface area contributed by atoms with Crippen molar-refractivity contribution in [3.63, 3.8) is 0 Å². The van der Waals surface area contributed by atoms with E-state index in [0.29, 0.717) is 0 Å². The maximum Gasteiger partial charge on any atom is 0.206 e. The van der Waals surface area contributed by atoms with Crippen molar-refractivity contribution in [2.24, 2.45) is 4.99 Å². The van der Waals surface area contributed by atoms with Crippen LogP contribution in [0.4, 0.5) is 35.1 Å².